The van der Waals surface area contributed by atoms with E-state index < -0.39 is 6.09 Å². The maximum atomic E-state index is 10.2. The molecule has 1 rings (SSSR count). The summed E-state index contributed by atoms with van der Waals surface area (Å²) in [6, 6.07) is 9.37. The van der Waals surface area contributed by atoms with Crippen molar-refractivity contribution in [2.45, 2.75) is 6.61 Å². The molecule has 0 fully saturated rings. The van der Waals surface area contributed by atoms with E-state index in [9.17, 15) is 4.79 Å². The van der Waals surface area contributed by atoms with Crippen molar-refractivity contribution in [1.29, 1.82) is 0 Å². The fourth-order valence-corrected chi connectivity index (χ4v) is 0.729. The lowest BCUT2D eigenvalue weighted by molar-refractivity contribution is 0.150. The Labute approximate surface area is 77.5 Å². The monoisotopic (exact) mass is 182 g/mol. The van der Waals surface area contributed by atoms with Crippen molar-refractivity contribution in [3.8, 4) is 0 Å². The lowest BCUT2D eigenvalue weighted by atomic mass is 10.2. The van der Waals surface area contributed by atoms with E-state index >= 15 is 0 Å². The van der Waals surface area contributed by atoms with Crippen LogP contribution in [0.4, 0.5) is 4.79 Å². The minimum atomic E-state index is -0.742. The van der Waals surface area contributed by atoms with Gasteiger partial charge < -0.3 is 16.2 Å². The van der Waals surface area contributed by atoms with Gasteiger partial charge in [-0.25, -0.2) is 4.79 Å². The van der Waals surface area contributed by atoms with Gasteiger partial charge in [-0.15, -0.1) is 0 Å². The number of hydrogen-bond acceptors (Lipinski definition) is 3. The second kappa shape index (κ2) is 7.12. The van der Waals surface area contributed by atoms with Gasteiger partial charge in [-0.1, -0.05) is 30.3 Å². The molecule has 0 unspecified atom stereocenters. The number of amides is 1. The van der Waals surface area contributed by atoms with Gasteiger partial charge in [-0.2, -0.15) is 0 Å². The van der Waals surface area contributed by atoms with Crippen molar-refractivity contribution in [3.05, 3.63) is 35.9 Å². The molecule has 0 saturated carbocycles. The van der Waals surface area contributed by atoms with Crippen molar-refractivity contribution >= 4 is 6.09 Å². The highest BCUT2D eigenvalue weighted by Gasteiger charge is 1.93. The summed E-state index contributed by atoms with van der Waals surface area (Å²) < 4.78 is 4.57. The van der Waals surface area contributed by atoms with E-state index in [0.29, 0.717) is 0 Å². The summed E-state index contributed by atoms with van der Waals surface area (Å²) in [4.78, 5) is 10.2. The summed E-state index contributed by atoms with van der Waals surface area (Å²) in [6.45, 7) is 0.246. The Morgan fingerprint density at radius 3 is 2.31 bits per heavy atom. The number of primary amides is 1. The van der Waals surface area contributed by atoms with Gasteiger partial charge in [0.15, 0.2) is 0 Å². The summed E-state index contributed by atoms with van der Waals surface area (Å²) in [5.74, 6) is 0. The third-order valence-corrected chi connectivity index (χ3v) is 1.22. The Morgan fingerprint density at radius 1 is 1.31 bits per heavy atom. The Bertz CT molecular complexity index is 237. The fourth-order valence-electron chi connectivity index (χ4n) is 0.729. The molecule has 0 spiro atoms. The number of rotatable bonds is 2. The zero-order chi connectivity index (χ0) is 10.1. The van der Waals surface area contributed by atoms with Crippen LogP contribution in [0.25, 0.3) is 0 Å². The molecule has 0 radical (unpaired) electrons. The smallest absolute Gasteiger partial charge is 0.404 e. The first-order valence-electron chi connectivity index (χ1n) is 3.83. The van der Waals surface area contributed by atoms with Crippen molar-refractivity contribution < 1.29 is 9.53 Å². The SMILES string of the molecule is CN.NC(=O)OCc1ccccc1. The van der Waals surface area contributed by atoms with E-state index in [1.807, 2.05) is 30.3 Å². The second-order valence-electron chi connectivity index (χ2n) is 2.09. The molecule has 0 aliphatic carbocycles. The van der Waals surface area contributed by atoms with Gasteiger partial charge in [-0.05, 0) is 12.6 Å². The molecular weight excluding hydrogens is 168 g/mol. The second-order valence-corrected chi connectivity index (χ2v) is 2.09. The molecule has 0 atom stereocenters. The molecule has 1 aromatic rings. The van der Waals surface area contributed by atoms with Gasteiger partial charge in [0.1, 0.15) is 6.61 Å². The number of ether oxygens (including phenoxy) is 1. The molecule has 1 amide bonds. The first-order chi connectivity index (χ1) is 6.29. The number of hydrogen-bond donors (Lipinski definition) is 2. The fraction of sp³-hybridized carbons (Fsp3) is 0.222. The van der Waals surface area contributed by atoms with E-state index in [4.69, 9.17) is 5.73 Å². The van der Waals surface area contributed by atoms with Crippen LogP contribution >= 0.6 is 0 Å². The number of nitrogens with two attached hydrogens (primary N) is 2. The van der Waals surface area contributed by atoms with Crippen LogP contribution in [0.15, 0.2) is 30.3 Å². The van der Waals surface area contributed by atoms with Crippen LogP contribution in [0.5, 0.6) is 0 Å². The van der Waals surface area contributed by atoms with Crippen LogP contribution in [-0.2, 0) is 11.3 Å². The molecule has 0 aromatic heterocycles. The molecular formula is C9H14N2O2. The largest absolute Gasteiger partial charge is 0.445 e. The molecule has 0 heterocycles. The molecule has 4 heteroatoms. The van der Waals surface area contributed by atoms with Crippen molar-refractivity contribution in [1.82, 2.24) is 0 Å². The average Bonchev–Trinajstić information content (AvgIpc) is 2.19. The molecule has 0 saturated heterocycles. The normalized spacial score (nSPS) is 8.15. The quantitative estimate of drug-likeness (QED) is 0.711. The highest BCUT2D eigenvalue weighted by atomic mass is 16.5. The molecule has 1 aromatic carbocycles. The molecule has 0 aliphatic heterocycles. The highest BCUT2D eigenvalue weighted by molar-refractivity contribution is 5.64. The highest BCUT2D eigenvalue weighted by Crippen LogP contribution is 1.99. The third-order valence-electron chi connectivity index (χ3n) is 1.22. The van der Waals surface area contributed by atoms with Crippen molar-refractivity contribution in [3.63, 3.8) is 0 Å². The first-order valence-corrected chi connectivity index (χ1v) is 3.83. The van der Waals surface area contributed by atoms with Crippen LogP contribution in [0, 0.1) is 0 Å². The summed E-state index contributed by atoms with van der Waals surface area (Å²) in [5, 5.41) is 0. The van der Waals surface area contributed by atoms with Crippen molar-refractivity contribution in [2.75, 3.05) is 7.05 Å². The maximum Gasteiger partial charge on any atom is 0.404 e. The van der Waals surface area contributed by atoms with Crippen LogP contribution in [0.2, 0.25) is 0 Å². The van der Waals surface area contributed by atoms with Gasteiger partial charge in [0.25, 0.3) is 0 Å². The number of carbonyl (C=O) groups excluding carboxylic acids is 1. The molecule has 0 bridgehead atoms. The molecule has 0 aliphatic rings. The zero-order valence-corrected chi connectivity index (χ0v) is 7.57. The Morgan fingerprint density at radius 2 is 1.85 bits per heavy atom. The summed E-state index contributed by atoms with van der Waals surface area (Å²) in [7, 11) is 1.50. The lowest BCUT2D eigenvalue weighted by Crippen LogP contribution is -2.12. The van der Waals surface area contributed by atoms with Gasteiger partial charge >= 0.3 is 6.09 Å². The average molecular weight is 182 g/mol. The van der Waals surface area contributed by atoms with Crippen molar-refractivity contribution in [2.24, 2.45) is 11.5 Å². The Balaban J connectivity index is 0.000000671. The van der Waals surface area contributed by atoms with E-state index in [1.54, 1.807) is 0 Å². The molecule has 4 nitrogen and oxygen atoms in total. The van der Waals surface area contributed by atoms with Gasteiger partial charge in [0, 0.05) is 0 Å². The lowest BCUT2D eigenvalue weighted by Gasteiger charge is -1.99. The van der Waals surface area contributed by atoms with Gasteiger partial charge in [0.2, 0.25) is 0 Å². The van der Waals surface area contributed by atoms with Gasteiger partial charge in [0.05, 0.1) is 0 Å². The van der Waals surface area contributed by atoms with E-state index in [0.717, 1.165) is 5.56 Å². The summed E-state index contributed by atoms with van der Waals surface area (Å²) in [6.07, 6.45) is -0.742. The maximum absolute atomic E-state index is 10.2. The van der Waals surface area contributed by atoms with E-state index in [1.165, 1.54) is 7.05 Å². The van der Waals surface area contributed by atoms with Gasteiger partial charge in [-0.3, -0.25) is 0 Å². The van der Waals surface area contributed by atoms with E-state index in [2.05, 4.69) is 10.5 Å². The standard InChI is InChI=1S/C8H9NO2.CH5N/c9-8(10)11-6-7-4-2-1-3-5-7;1-2/h1-5H,6H2,(H2,9,10);2H2,1H3. The van der Waals surface area contributed by atoms with E-state index in [-0.39, 0.29) is 6.61 Å². The topological polar surface area (TPSA) is 78.3 Å². The Hall–Kier alpha value is -1.55. The first kappa shape index (κ1) is 11.4. The summed E-state index contributed by atoms with van der Waals surface area (Å²) in [5.41, 5.74) is 10.2. The number of carbonyl (C=O) groups is 1. The van der Waals surface area contributed by atoms with Crippen LogP contribution in [0.1, 0.15) is 5.56 Å². The number of benzene rings is 1. The van der Waals surface area contributed by atoms with Crippen LogP contribution < -0.4 is 11.5 Å². The minimum Gasteiger partial charge on any atom is -0.445 e. The zero-order valence-electron chi connectivity index (χ0n) is 7.57. The van der Waals surface area contributed by atoms with Crippen LogP contribution in [-0.4, -0.2) is 13.1 Å². The predicted molar refractivity (Wildman–Crippen MR) is 50.9 cm³/mol. The van der Waals surface area contributed by atoms with Crippen LogP contribution in [0.3, 0.4) is 0 Å². The Kier molecular flexibility index (Phi) is 6.27. The molecule has 4 N–H and O–H groups in total. The summed E-state index contributed by atoms with van der Waals surface area (Å²) >= 11 is 0. The molecule has 13 heavy (non-hydrogen) atoms. The minimum absolute atomic E-state index is 0.246. The predicted octanol–water partition coefficient (Wildman–Crippen LogP) is 0.857. The third kappa shape index (κ3) is 5.69. The molecule has 72 valence electrons.